The van der Waals surface area contributed by atoms with E-state index in [2.05, 4.69) is 21.3 Å². The lowest BCUT2D eigenvalue weighted by Gasteiger charge is -2.17. The second-order valence-corrected chi connectivity index (χ2v) is 21.1. The highest BCUT2D eigenvalue weighted by Gasteiger charge is 2.32. The third-order valence-electron chi connectivity index (χ3n) is 15.6. The number of methoxy groups -OCH3 is 6. The van der Waals surface area contributed by atoms with Crippen molar-refractivity contribution in [3.8, 4) is 34.5 Å². The predicted molar refractivity (Wildman–Crippen MR) is 323 cm³/mol. The molecule has 2 aliphatic heterocycles. The van der Waals surface area contributed by atoms with Crippen LogP contribution in [0.3, 0.4) is 0 Å². The van der Waals surface area contributed by atoms with Crippen LogP contribution < -0.4 is 49.7 Å². The summed E-state index contributed by atoms with van der Waals surface area (Å²) in [6, 6.07) is 35.8. The fourth-order valence-corrected chi connectivity index (χ4v) is 11.0. The molecule has 0 saturated heterocycles. The summed E-state index contributed by atoms with van der Waals surface area (Å²) >= 11 is 0. The van der Waals surface area contributed by atoms with Crippen molar-refractivity contribution in [1.29, 1.82) is 0 Å². The van der Waals surface area contributed by atoms with Gasteiger partial charge in [0.2, 0.25) is 11.5 Å². The van der Waals surface area contributed by atoms with Crippen LogP contribution in [-0.2, 0) is 52.1 Å². The van der Waals surface area contributed by atoms with Gasteiger partial charge in [-0.05, 0) is 165 Å². The molecule has 8 aromatic carbocycles. The molecule has 0 unspecified atom stereocenters. The molecule has 20 heteroatoms. The highest BCUT2D eigenvalue weighted by molar-refractivity contribution is 6.09. The van der Waals surface area contributed by atoms with E-state index >= 15 is 0 Å². The summed E-state index contributed by atoms with van der Waals surface area (Å²) in [7, 11) is 8.94. The Morgan fingerprint density at radius 3 is 0.977 bits per heavy atom. The van der Waals surface area contributed by atoms with Gasteiger partial charge in [0.05, 0.1) is 64.9 Å². The predicted octanol–water partition coefficient (Wildman–Crippen LogP) is 9.29. The van der Waals surface area contributed by atoms with Crippen molar-refractivity contribution in [1.82, 2.24) is 31.1 Å². The number of nitrogens with zero attached hydrogens (tertiary/aromatic N) is 2. The molecule has 0 aliphatic carbocycles. The smallest absolute Gasteiger partial charge is 0.254 e. The van der Waals surface area contributed by atoms with E-state index in [9.17, 15) is 37.5 Å². The number of halogens is 2. The third-order valence-corrected chi connectivity index (χ3v) is 15.6. The lowest BCUT2D eigenvalue weighted by atomic mass is 9.98. The maximum Gasteiger partial charge on any atom is 0.254 e. The molecule has 18 nitrogen and oxygen atoms in total. The quantitative estimate of drug-likeness (QED) is 0.0500. The van der Waals surface area contributed by atoms with E-state index in [1.807, 2.05) is 0 Å². The highest BCUT2D eigenvalue weighted by atomic mass is 19.1. The lowest BCUT2D eigenvalue weighted by molar-refractivity contribution is 0.0744. The highest BCUT2D eigenvalue weighted by Crippen LogP contribution is 2.40. The number of carbonyl (C=O) groups excluding carboxylic acids is 6. The molecule has 0 aromatic heterocycles. The molecule has 0 fully saturated rings. The van der Waals surface area contributed by atoms with Crippen molar-refractivity contribution in [3.05, 3.63) is 223 Å². The van der Waals surface area contributed by atoms with Crippen LogP contribution in [0, 0.1) is 11.6 Å². The van der Waals surface area contributed by atoms with Crippen molar-refractivity contribution >= 4 is 46.2 Å². The van der Waals surface area contributed by atoms with Crippen molar-refractivity contribution < 1.29 is 66.0 Å². The van der Waals surface area contributed by atoms with Gasteiger partial charge in [0.25, 0.3) is 35.4 Å². The van der Waals surface area contributed by atoms with Crippen molar-refractivity contribution in [2.45, 2.75) is 52.1 Å². The Morgan fingerprint density at radius 2 is 0.682 bits per heavy atom. The van der Waals surface area contributed by atoms with Crippen LogP contribution in [0.15, 0.2) is 133 Å². The first kappa shape index (κ1) is 60.6. The number of nitrogens with one attached hydrogen (secondary N) is 4. The van der Waals surface area contributed by atoms with Gasteiger partial charge in [0.15, 0.2) is 23.0 Å². The Balaban J connectivity index is 0.839. The molecule has 0 radical (unpaired) electrons. The van der Waals surface area contributed by atoms with Gasteiger partial charge in [0, 0.05) is 63.5 Å². The summed E-state index contributed by atoms with van der Waals surface area (Å²) < 4.78 is 60.1. The van der Waals surface area contributed by atoms with Crippen LogP contribution in [0.25, 0.3) is 10.8 Å². The second kappa shape index (κ2) is 26.8. The first-order valence-electron chi connectivity index (χ1n) is 28.2. The first-order valence-corrected chi connectivity index (χ1v) is 28.2. The Morgan fingerprint density at radius 1 is 0.375 bits per heavy atom. The minimum absolute atomic E-state index is 0.0446. The molecule has 0 saturated carbocycles. The molecule has 4 N–H and O–H groups in total. The number of hydrogen-bond donors (Lipinski definition) is 4. The molecule has 0 atom stereocenters. The van der Waals surface area contributed by atoms with E-state index in [0.29, 0.717) is 103 Å². The number of carbonyl (C=O) groups is 6. The largest absolute Gasteiger partial charge is 0.493 e. The zero-order chi connectivity index (χ0) is 62.2. The Labute approximate surface area is 506 Å². The van der Waals surface area contributed by atoms with Gasteiger partial charge in [0.1, 0.15) is 11.6 Å². The van der Waals surface area contributed by atoms with Crippen molar-refractivity contribution in [2.24, 2.45) is 0 Å². The summed E-state index contributed by atoms with van der Waals surface area (Å²) in [5.41, 5.74) is 6.88. The topological polar surface area (TPSA) is 212 Å². The number of ether oxygens (including phenoxy) is 6. The standard InChI is InChI=1S/C68H64F2N6O12/c1-83-57-23-41(24-58(84-2)61(57)87-5)33-73-65(79)55-31-49-37-75(35-47(49)29-53(55)63(77)71-21-19-39-7-15-51(69)16-8-39)67(81)45-13-11-44-28-46(14-12-43(44)27-45)68(82)76-36-48-30-54(64(78)72-22-20-40-9-17-52(70)18-10-40)56(32-50(48)38-76)66(80)74-34-42-25-59(85-3)62(88-6)60(26-42)86-4/h7-18,23-32H,19-22,33-38H2,1-6H3,(H,71,77)(H,72,78)(H,73,79)(H,74,80). The molecule has 2 heterocycles. The summed E-state index contributed by atoms with van der Waals surface area (Å²) in [4.78, 5) is 88.2. The van der Waals surface area contributed by atoms with E-state index in [1.54, 1.807) is 119 Å². The number of amides is 6. The monoisotopic (exact) mass is 1190 g/mol. The minimum atomic E-state index is -0.530. The van der Waals surface area contributed by atoms with Crippen molar-refractivity contribution in [3.63, 3.8) is 0 Å². The van der Waals surface area contributed by atoms with Gasteiger partial charge in [-0.25, -0.2) is 8.78 Å². The SMILES string of the molecule is COc1cc(CNC(=O)c2cc3c(cc2C(=O)NCCc2ccc(F)cc2)CN(C(=O)c2ccc4cc(C(=O)N5Cc6cc(C(=O)NCCc7ccc(F)cc7)c(C(=O)NCc7cc(OC)c(OC)c(OC)c7)cc6C5)ccc4c2)C3)cc(OC)c1OC. The van der Waals surface area contributed by atoms with Gasteiger partial charge in [-0.3, -0.25) is 28.8 Å². The van der Waals surface area contributed by atoms with Gasteiger partial charge in [-0.2, -0.15) is 0 Å². The van der Waals surface area contributed by atoms with Crippen LogP contribution in [0.4, 0.5) is 8.78 Å². The molecular formula is C68H64F2N6O12. The zero-order valence-corrected chi connectivity index (χ0v) is 49.3. The van der Waals surface area contributed by atoms with Crippen LogP contribution >= 0.6 is 0 Å². The maximum atomic E-state index is 14.4. The van der Waals surface area contributed by atoms with Gasteiger partial charge in [-0.15, -0.1) is 0 Å². The Kier molecular flexibility index (Phi) is 18.5. The van der Waals surface area contributed by atoms with Gasteiger partial charge in [-0.1, -0.05) is 36.4 Å². The number of rotatable bonds is 22. The molecule has 6 amide bonds. The summed E-state index contributed by atoms with van der Waals surface area (Å²) in [6.07, 6.45) is 0.829. The molecule has 0 bridgehead atoms. The Bertz CT molecular complexity index is 3720. The van der Waals surface area contributed by atoms with Crippen LogP contribution in [0.2, 0.25) is 0 Å². The number of fused-ring (bicyclic) bond motifs is 3. The molecule has 88 heavy (non-hydrogen) atoms. The van der Waals surface area contributed by atoms with Gasteiger partial charge < -0.3 is 59.5 Å². The summed E-state index contributed by atoms with van der Waals surface area (Å²) in [5, 5.41) is 13.1. The molecule has 452 valence electrons. The average Bonchev–Trinajstić information content (AvgIpc) is 2.71. The molecule has 2 aliphatic rings. The Hall–Kier alpha value is -10.5. The fraction of sp³-hybridized carbons (Fsp3) is 0.235. The van der Waals surface area contributed by atoms with E-state index < -0.39 is 23.6 Å². The average molecular weight is 1200 g/mol. The molecular weight excluding hydrogens is 1130 g/mol. The lowest BCUT2D eigenvalue weighted by Crippen LogP contribution is -2.30. The fourth-order valence-electron chi connectivity index (χ4n) is 11.0. The molecule has 8 aromatic rings. The third kappa shape index (κ3) is 13.3. The van der Waals surface area contributed by atoms with E-state index in [-0.39, 0.29) is 98.1 Å². The van der Waals surface area contributed by atoms with Crippen molar-refractivity contribution in [2.75, 3.05) is 55.7 Å². The normalized spacial score (nSPS) is 12.2. The second-order valence-electron chi connectivity index (χ2n) is 21.1. The van der Waals surface area contributed by atoms with Gasteiger partial charge >= 0.3 is 0 Å². The van der Waals surface area contributed by atoms with E-state index in [1.165, 1.54) is 66.9 Å². The van der Waals surface area contributed by atoms with Crippen LogP contribution in [0.1, 0.15) is 107 Å². The number of benzene rings is 8. The van der Waals surface area contributed by atoms with Crippen LogP contribution in [-0.4, -0.2) is 101 Å². The first-order chi connectivity index (χ1) is 42.6. The molecule has 10 rings (SSSR count). The van der Waals surface area contributed by atoms with E-state index in [4.69, 9.17) is 28.4 Å². The van der Waals surface area contributed by atoms with Crippen LogP contribution in [0.5, 0.6) is 34.5 Å². The van der Waals surface area contributed by atoms with E-state index in [0.717, 1.165) is 11.1 Å². The zero-order valence-electron chi connectivity index (χ0n) is 49.3. The summed E-state index contributed by atoms with van der Waals surface area (Å²) in [6.45, 7) is 1.13. The minimum Gasteiger partial charge on any atom is -0.493 e. The molecule has 0 spiro atoms. The maximum absolute atomic E-state index is 14.4. The number of hydrogen-bond acceptors (Lipinski definition) is 12. The summed E-state index contributed by atoms with van der Waals surface area (Å²) in [5.74, 6) is -1.01.